The van der Waals surface area contributed by atoms with Crippen LogP contribution in [-0.4, -0.2) is 7.05 Å². The fourth-order valence-corrected chi connectivity index (χ4v) is 1.21. The van der Waals surface area contributed by atoms with Gasteiger partial charge in [0.2, 0.25) is 0 Å². The monoisotopic (exact) mass is 245 g/mol. The van der Waals surface area contributed by atoms with Gasteiger partial charge in [-0.1, -0.05) is 66.2 Å². The summed E-state index contributed by atoms with van der Waals surface area (Å²) in [4.78, 5) is 0. The second-order valence-electron chi connectivity index (χ2n) is 3.59. The average Bonchev–Trinajstić information content (AvgIpc) is 2.43. The van der Waals surface area contributed by atoms with Gasteiger partial charge in [0, 0.05) is 0 Å². The fraction of sp³-hybridized carbons (Fsp3) is 0.200. The van der Waals surface area contributed by atoms with Crippen molar-refractivity contribution < 1.29 is 0 Å². The normalized spacial score (nSPS) is 8.78. The Bertz CT molecular complexity index is 385. The van der Waals surface area contributed by atoms with Crippen LogP contribution < -0.4 is 17.2 Å². The van der Waals surface area contributed by atoms with Crippen molar-refractivity contribution in [3.63, 3.8) is 0 Å². The lowest BCUT2D eigenvalue weighted by Crippen LogP contribution is -2.19. The molecule has 0 radical (unpaired) electrons. The van der Waals surface area contributed by atoms with Crippen molar-refractivity contribution in [2.75, 3.05) is 7.05 Å². The summed E-state index contributed by atoms with van der Waals surface area (Å²) in [5.74, 6) is 0. The molecule has 3 heteroatoms. The van der Waals surface area contributed by atoms with E-state index in [2.05, 4.69) is 24.8 Å². The van der Waals surface area contributed by atoms with Crippen LogP contribution in [0.3, 0.4) is 0 Å². The Morgan fingerprint density at radius 2 is 1.11 bits per heavy atom. The van der Waals surface area contributed by atoms with E-state index in [1.165, 1.54) is 12.6 Å². The van der Waals surface area contributed by atoms with Crippen molar-refractivity contribution >= 4 is 0 Å². The standard InChI is InChI=1S/C7H10N2.C7H8.CH5N/c8-7(9)6-4-2-1-3-5-6;1-7-5-3-2-4-6-7;1-2/h1-5,7H,8-9H2;2-6H,1H3;2H2,1H3. The second kappa shape index (κ2) is 10.5. The van der Waals surface area contributed by atoms with E-state index < -0.39 is 0 Å². The molecule has 0 bridgehead atoms. The number of hydrogen-bond donors (Lipinski definition) is 3. The molecular weight excluding hydrogens is 222 g/mol. The van der Waals surface area contributed by atoms with Crippen LogP contribution in [-0.2, 0) is 0 Å². The summed E-state index contributed by atoms with van der Waals surface area (Å²) >= 11 is 0. The van der Waals surface area contributed by atoms with E-state index in [9.17, 15) is 0 Å². The van der Waals surface area contributed by atoms with E-state index in [0.717, 1.165) is 5.56 Å². The van der Waals surface area contributed by atoms with Gasteiger partial charge in [-0.2, -0.15) is 0 Å². The molecule has 0 unspecified atom stereocenters. The summed E-state index contributed by atoms with van der Waals surface area (Å²) in [6.07, 6.45) is -0.341. The Hall–Kier alpha value is -1.68. The maximum Gasteiger partial charge on any atom is 0.0784 e. The Morgan fingerprint density at radius 1 is 0.722 bits per heavy atom. The molecule has 2 rings (SSSR count). The van der Waals surface area contributed by atoms with E-state index in [1.807, 2.05) is 48.5 Å². The van der Waals surface area contributed by atoms with Crippen LogP contribution in [0.15, 0.2) is 60.7 Å². The number of rotatable bonds is 1. The topological polar surface area (TPSA) is 78.1 Å². The van der Waals surface area contributed by atoms with Crippen LogP contribution in [0.25, 0.3) is 0 Å². The summed E-state index contributed by atoms with van der Waals surface area (Å²) in [5.41, 5.74) is 17.6. The smallest absolute Gasteiger partial charge is 0.0784 e. The van der Waals surface area contributed by atoms with Crippen molar-refractivity contribution in [1.82, 2.24) is 0 Å². The molecule has 18 heavy (non-hydrogen) atoms. The summed E-state index contributed by atoms with van der Waals surface area (Å²) in [6, 6.07) is 19.9. The third-order valence-electron chi connectivity index (χ3n) is 2.12. The van der Waals surface area contributed by atoms with Gasteiger partial charge in [-0.25, -0.2) is 0 Å². The molecule has 0 heterocycles. The first kappa shape index (κ1) is 16.3. The van der Waals surface area contributed by atoms with Gasteiger partial charge in [0.05, 0.1) is 6.17 Å². The quantitative estimate of drug-likeness (QED) is 0.674. The zero-order valence-corrected chi connectivity index (χ0v) is 11.1. The highest BCUT2D eigenvalue weighted by Crippen LogP contribution is 2.01. The fourth-order valence-electron chi connectivity index (χ4n) is 1.21. The first-order chi connectivity index (χ1) is 8.70. The zero-order valence-electron chi connectivity index (χ0n) is 11.1. The van der Waals surface area contributed by atoms with Crippen molar-refractivity contribution in [2.45, 2.75) is 13.1 Å². The molecule has 0 fully saturated rings. The molecule has 0 saturated heterocycles. The van der Waals surface area contributed by atoms with Crippen LogP contribution in [0.5, 0.6) is 0 Å². The second-order valence-corrected chi connectivity index (χ2v) is 3.59. The molecule has 2 aromatic carbocycles. The Labute approximate surface area is 110 Å². The third-order valence-corrected chi connectivity index (χ3v) is 2.12. The first-order valence-electron chi connectivity index (χ1n) is 5.85. The number of nitrogens with two attached hydrogens (primary N) is 3. The number of aryl methyl sites for hydroxylation is 1. The van der Waals surface area contributed by atoms with Crippen molar-refractivity contribution in [3.05, 3.63) is 71.8 Å². The zero-order chi connectivity index (χ0) is 13.8. The third kappa shape index (κ3) is 7.57. The lowest BCUT2D eigenvalue weighted by atomic mass is 10.2. The van der Waals surface area contributed by atoms with E-state index in [4.69, 9.17) is 11.5 Å². The van der Waals surface area contributed by atoms with Gasteiger partial charge < -0.3 is 17.2 Å². The van der Waals surface area contributed by atoms with Gasteiger partial charge in [-0.05, 0) is 19.5 Å². The van der Waals surface area contributed by atoms with Gasteiger partial charge in [0.15, 0.2) is 0 Å². The maximum atomic E-state index is 5.39. The van der Waals surface area contributed by atoms with Crippen molar-refractivity contribution in [1.29, 1.82) is 0 Å². The van der Waals surface area contributed by atoms with Crippen LogP contribution in [0, 0.1) is 6.92 Å². The maximum absolute atomic E-state index is 5.39. The minimum atomic E-state index is -0.341. The number of benzene rings is 2. The number of hydrogen-bond acceptors (Lipinski definition) is 3. The molecule has 6 N–H and O–H groups in total. The molecule has 0 aliphatic carbocycles. The van der Waals surface area contributed by atoms with Gasteiger partial charge in [-0.15, -0.1) is 0 Å². The van der Waals surface area contributed by atoms with Crippen molar-refractivity contribution in [2.24, 2.45) is 17.2 Å². The Balaban J connectivity index is 0.000000289. The first-order valence-corrected chi connectivity index (χ1v) is 5.85. The molecule has 0 aromatic heterocycles. The summed E-state index contributed by atoms with van der Waals surface area (Å²) in [7, 11) is 1.50. The van der Waals surface area contributed by atoms with E-state index in [0.29, 0.717) is 0 Å². The van der Waals surface area contributed by atoms with E-state index >= 15 is 0 Å². The molecule has 2 aromatic rings. The molecule has 0 amide bonds. The Morgan fingerprint density at radius 3 is 1.33 bits per heavy atom. The average molecular weight is 245 g/mol. The minimum Gasteiger partial charge on any atom is -0.333 e. The van der Waals surface area contributed by atoms with Gasteiger partial charge in [0.1, 0.15) is 0 Å². The Kier molecular flexibility index (Phi) is 9.50. The minimum absolute atomic E-state index is 0.341. The van der Waals surface area contributed by atoms with E-state index in [-0.39, 0.29) is 6.17 Å². The predicted octanol–water partition coefficient (Wildman–Crippen LogP) is 2.17. The van der Waals surface area contributed by atoms with Gasteiger partial charge in [0.25, 0.3) is 0 Å². The molecule has 3 nitrogen and oxygen atoms in total. The molecule has 0 aliphatic heterocycles. The van der Waals surface area contributed by atoms with Gasteiger partial charge >= 0.3 is 0 Å². The predicted molar refractivity (Wildman–Crippen MR) is 78.8 cm³/mol. The lowest BCUT2D eigenvalue weighted by molar-refractivity contribution is 0.774. The molecule has 0 saturated carbocycles. The molecule has 98 valence electrons. The van der Waals surface area contributed by atoms with Crippen LogP contribution >= 0.6 is 0 Å². The van der Waals surface area contributed by atoms with E-state index in [1.54, 1.807) is 0 Å². The van der Waals surface area contributed by atoms with Gasteiger partial charge in [-0.3, -0.25) is 0 Å². The van der Waals surface area contributed by atoms with Crippen LogP contribution in [0.2, 0.25) is 0 Å². The van der Waals surface area contributed by atoms with Crippen LogP contribution in [0.1, 0.15) is 17.3 Å². The molecule has 0 atom stereocenters. The van der Waals surface area contributed by atoms with Crippen molar-refractivity contribution in [3.8, 4) is 0 Å². The highest BCUT2D eigenvalue weighted by molar-refractivity contribution is 5.17. The molecule has 0 aliphatic rings. The molecular formula is C15H23N3. The summed E-state index contributed by atoms with van der Waals surface area (Å²) in [6.45, 7) is 2.08. The largest absolute Gasteiger partial charge is 0.333 e. The lowest BCUT2D eigenvalue weighted by Gasteiger charge is -2.02. The highest BCUT2D eigenvalue weighted by Gasteiger charge is 1.93. The SMILES string of the molecule is CN.Cc1ccccc1.NC(N)c1ccccc1. The summed E-state index contributed by atoms with van der Waals surface area (Å²) in [5, 5.41) is 0. The highest BCUT2D eigenvalue weighted by atomic mass is 14.8. The summed E-state index contributed by atoms with van der Waals surface area (Å²) < 4.78 is 0. The van der Waals surface area contributed by atoms with Crippen LogP contribution in [0.4, 0.5) is 0 Å². The molecule has 0 spiro atoms.